The maximum Gasteiger partial charge on any atom is 0.0462 e. The Morgan fingerprint density at radius 2 is 0.518 bits per heavy atom. The lowest BCUT2D eigenvalue weighted by atomic mass is 10.0. The smallest absolute Gasteiger partial charge is 0.0462 e. The van der Waals surface area contributed by atoms with E-state index in [-0.39, 0.29) is 0 Å². The van der Waals surface area contributed by atoms with E-state index in [1.807, 2.05) is 0 Å². The summed E-state index contributed by atoms with van der Waals surface area (Å²) >= 11 is 0. The Hall–Kier alpha value is -6.38. The van der Waals surface area contributed by atoms with Gasteiger partial charge in [-0.05, 0) is 143 Å². The molecule has 0 fully saturated rings. The van der Waals surface area contributed by atoms with Crippen molar-refractivity contribution in [3.05, 3.63) is 214 Å². The largest absolute Gasteiger partial charge is 0.311 e. The van der Waals surface area contributed by atoms with Gasteiger partial charge in [-0.15, -0.1) is 0 Å². The van der Waals surface area contributed by atoms with E-state index < -0.39 is 0 Å². The Morgan fingerprint density at radius 3 is 0.750 bits per heavy atom. The van der Waals surface area contributed by atoms with E-state index in [1.165, 1.54) is 33.4 Å². The molecular formula is C54H52N2. The molecule has 56 heavy (non-hydrogen) atoms. The molecule has 0 amide bonds. The minimum atomic E-state index is 1.03. The van der Waals surface area contributed by atoms with Crippen molar-refractivity contribution in [1.29, 1.82) is 0 Å². The second kappa shape index (κ2) is 18.3. The van der Waals surface area contributed by atoms with E-state index in [0.29, 0.717) is 0 Å². The van der Waals surface area contributed by atoms with Crippen LogP contribution in [0.1, 0.15) is 72.2 Å². The summed E-state index contributed by atoms with van der Waals surface area (Å²) in [6.07, 6.45) is 13.0. The summed E-state index contributed by atoms with van der Waals surface area (Å²) in [5.74, 6) is 0. The van der Waals surface area contributed by atoms with Crippen LogP contribution in [-0.2, 0) is 25.7 Å². The SMILES string of the molecule is CCc1ccc(N(c2ccc(C=Cc3ccccc3C=Cc3ccc(N(c4ccc(CC)cc4)c4ccc(CC)cc4)cc3)cc2)c2ccc(CC)cc2)cc1. The van der Waals surface area contributed by atoms with E-state index in [4.69, 9.17) is 0 Å². The first-order chi connectivity index (χ1) is 27.5. The Labute approximate surface area is 334 Å². The Bertz CT molecular complexity index is 2080. The average Bonchev–Trinajstić information content (AvgIpc) is 3.27. The van der Waals surface area contributed by atoms with E-state index in [9.17, 15) is 0 Å². The molecule has 0 heterocycles. The molecule has 0 saturated heterocycles. The lowest BCUT2D eigenvalue weighted by Crippen LogP contribution is -2.10. The summed E-state index contributed by atoms with van der Waals surface area (Å²) in [4.78, 5) is 4.67. The van der Waals surface area contributed by atoms with Gasteiger partial charge in [0.05, 0.1) is 0 Å². The van der Waals surface area contributed by atoms with Crippen LogP contribution in [0.25, 0.3) is 24.3 Å². The van der Waals surface area contributed by atoms with Crippen LogP contribution in [0.5, 0.6) is 0 Å². The highest BCUT2D eigenvalue weighted by molar-refractivity contribution is 5.82. The van der Waals surface area contributed by atoms with Gasteiger partial charge in [-0.25, -0.2) is 0 Å². The molecule has 278 valence electrons. The topological polar surface area (TPSA) is 6.48 Å². The molecule has 0 saturated carbocycles. The Kier molecular flexibility index (Phi) is 12.4. The molecule has 0 aliphatic carbocycles. The normalized spacial score (nSPS) is 11.4. The Balaban J connectivity index is 1.09. The number of aryl methyl sites for hydroxylation is 4. The van der Waals surface area contributed by atoms with Crippen molar-refractivity contribution in [2.75, 3.05) is 9.80 Å². The molecule has 0 radical (unpaired) electrons. The van der Waals surface area contributed by atoms with Gasteiger partial charge in [0, 0.05) is 34.1 Å². The standard InChI is InChI=1S/C54H52N2/c1-5-41-15-29-49(30-16-41)55(50-31-17-42(6-2)18-32-50)53-37-23-45(24-38-53)13-27-47-11-9-10-12-48(47)28-14-46-25-39-54(40-26-46)56(51-33-19-43(7-3)20-34-51)52-35-21-44(8-4)22-36-52/h9-40H,5-8H2,1-4H3. The van der Waals surface area contributed by atoms with Crippen molar-refractivity contribution in [2.24, 2.45) is 0 Å². The molecule has 0 aromatic heterocycles. The number of rotatable bonds is 14. The van der Waals surface area contributed by atoms with Crippen LogP contribution in [0.2, 0.25) is 0 Å². The molecule has 7 aromatic carbocycles. The van der Waals surface area contributed by atoms with E-state index in [1.54, 1.807) is 0 Å². The average molecular weight is 729 g/mol. The maximum atomic E-state index is 2.34. The molecule has 2 nitrogen and oxygen atoms in total. The van der Waals surface area contributed by atoms with Gasteiger partial charge in [-0.3, -0.25) is 0 Å². The molecule has 0 bridgehead atoms. The minimum Gasteiger partial charge on any atom is -0.311 e. The third kappa shape index (κ3) is 9.10. The van der Waals surface area contributed by atoms with Gasteiger partial charge in [-0.1, -0.05) is 149 Å². The quantitative estimate of drug-likeness (QED) is 0.103. The molecular weight excluding hydrogens is 677 g/mol. The molecule has 0 spiro atoms. The predicted molar refractivity (Wildman–Crippen MR) is 244 cm³/mol. The highest BCUT2D eigenvalue weighted by atomic mass is 15.1. The van der Waals surface area contributed by atoms with Crippen LogP contribution >= 0.6 is 0 Å². The molecule has 7 aromatic rings. The van der Waals surface area contributed by atoms with Gasteiger partial charge in [0.1, 0.15) is 0 Å². The first-order valence-corrected chi connectivity index (χ1v) is 20.2. The van der Waals surface area contributed by atoms with Crippen molar-refractivity contribution in [3.63, 3.8) is 0 Å². The second-order valence-electron chi connectivity index (χ2n) is 14.2. The third-order valence-corrected chi connectivity index (χ3v) is 10.6. The molecule has 2 heteroatoms. The van der Waals surface area contributed by atoms with E-state index >= 15 is 0 Å². The van der Waals surface area contributed by atoms with Crippen LogP contribution in [0.3, 0.4) is 0 Å². The number of nitrogens with zero attached hydrogens (tertiary/aromatic N) is 2. The number of benzene rings is 7. The predicted octanol–water partition coefficient (Wildman–Crippen LogP) is 15.2. The number of hydrogen-bond donors (Lipinski definition) is 0. The van der Waals surface area contributed by atoms with Gasteiger partial charge < -0.3 is 9.80 Å². The van der Waals surface area contributed by atoms with Crippen molar-refractivity contribution in [3.8, 4) is 0 Å². The van der Waals surface area contributed by atoms with Gasteiger partial charge in [0.2, 0.25) is 0 Å². The molecule has 0 unspecified atom stereocenters. The summed E-state index contributed by atoms with van der Waals surface area (Å²) in [6.45, 7) is 8.80. The maximum absolute atomic E-state index is 2.34. The van der Waals surface area contributed by atoms with Crippen LogP contribution < -0.4 is 9.80 Å². The monoisotopic (exact) mass is 728 g/mol. The van der Waals surface area contributed by atoms with Crippen LogP contribution in [0.15, 0.2) is 170 Å². The van der Waals surface area contributed by atoms with Gasteiger partial charge in [0.25, 0.3) is 0 Å². The van der Waals surface area contributed by atoms with Crippen molar-refractivity contribution in [2.45, 2.75) is 53.4 Å². The lowest BCUT2D eigenvalue weighted by molar-refractivity contribution is 1.13. The first-order valence-electron chi connectivity index (χ1n) is 20.2. The minimum absolute atomic E-state index is 1.03. The fraction of sp³-hybridized carbons (Fsp3) is 0.148. The summed E-state index contributed by atoms with van der Waals surface area (Å²) in [5.41, 5.74) is 16.9. The second-order valence-corrected chi connectivity index (χ2v) is 14.2. The van der Waals surface area contributed by atoms with Gasteiger partial charge >= 0.3 is 0 Å². The summed E-state index contributed by atoms with van der Waals surface area (Å²) in [7, 11) is 0. The van der Waals surface area contributed by atoms with Gasteiger partial charge in [0.15, 0.2) is 0 Å². The van der Waals surface area contributed by atoms with Crippen LogP contribution in [0, 0.1) is 0 Å². The summed E-state index contributed by atoms with van der Waals surface area (Å²) in [6, 6.07) is 62.0. The van der Waals surface area contributed by atoms with Crippen molar-refractivity contribution < 1.29 is 0 Å². The zero-order chi connectivity index (χ0) is 38.7. The van der Waals surface area contributed by atoms with Crippen molar-refractivity contribution >= 4 is 58.4 Å². The lowest BCUT2D eigenvalue weighted by Gasteiger charge is -2.26. The van der Waals surface area contributed by atoms with Crippen LogP contribution in [-0.4, -0.2) is 0 Å². The third-order valence-electron chi connectivity index (χ3n) is 10.6. The van der Waals surface area contributed by atoms with E-state index in [0.717, 1.165) is 70.9 Å². The number of hydrogen-bond acceptors (Lipinski definition) is 2. The fourth-order valence-electron chi connectivity index (χ4n) is 7.07. The zero-order valence-corrected chi connectivity index (χ0v) is 33.2. The molecule has 0 aliphatic heterocycles. The summed E-state index contributed by atoms with van der Waals surface area (Å²) < 4.78 is 0. The number of anilines is 6. The molecule has 7 rings (SSSR count). The summed E-state index contributed by atoms with van der Waals surface area (Å²) in [5, 5.41) is 0. The zero-order valence-electron chi connectivity index (χ0n) is 33.2. The van der Waals surface area contributed by atoms with Crippen LogP contribution in [0.4, 0.5) is 34.1 Å². The fourth-order valence-corrected chi connectivity index (χ4v) is 7.07. The molecule has 0 atom stereocenters. The molecule has 0 N–H and O–H groups in total. The van der Waals surface area contributed by atoms with Crippen molar-refractivity contribution in [1.82, 2.24) is 0 Å². The Morgan fingerprint density at radius 1 is 0.286 bits per heavy atom. The highest BCUT2D eigenvalue weighted by Gasteiger charge is 2.14. The highest BCUT2D eigenvalue weighted by Crippen LogP contribution is 2.37. The molecule has 0 aliphatic rings. The van der Waals surface area contributed by atoms with Gasteiger partial charge in [-0.2, -0.15) is 0 Å². The van der Waals surface area contributed by atoms with E-state index in [2.05, 4.69) is 232 Å². The first kappa shape index (κ1) is 37.9.